The summed E-state index contributed by atoms with van der Waals surface area (Å²) in [6, 6.07) is 15.0. The monoisotopic (exact) mass is 386 g/mol. The highest BCUT2D eigenvalue weighted by atomic mass is 32.2. The van der Waals surface area contributed by atoms with Crippen LogP contribution in [0.15, 0.2) is 48.5 Å². The van der Waals surface area contributed by atoms with Gasteiger partial charge in [-0.15, -0.1) is 11.8 Å². The second kappa shape index (κ2) is 10.0. The van der Waals surface area contributed by atoms with Crippen molar-refractivity contribution in [3.63, 3.8) is 0 Å². The molecule has 0 aliphatic rings. The Labute approximate surface area is 165 Å². The van der Waals surface area contributed by atoms with E-state index >= 15 is 0 Å². The zero-order chi connectivity index (χ0) is 19.8. The molecular formula is C21H26N2O3S. The zero-order valence-electron chi connectivity index (χ0n) is 16.2. The van der Waals surface area contributed by atoms with Crippen LogP contribution in [0.3, 0.4) is 0 Å². The number of thioether (sulfide) groups is 1. The number of nitrogens with zero attached hydrogens (tertiary/aromatic N) is 1. The number of hydrogen-bond acceptors (Lipinski definition) is 4. The zero-order valence-corrected chi connectivity index (χ0v) is 17.0. The summed E-state index contributed by atoms with van der Waals surface area (Å²) in [6.45, 7) is 5.87. The molecule has 0 radical (unpaired) electrons. The summed E-state index contributed by atoms with van der Waals surface area (Å²) in [5.41, 5.74) is 3.13. The fourth-order valence-electron chi connectivity index (χ4n) is 2.41. The van der Waals surface area contributed by atoms with Crippen molar-refractivity contribution in [3.8, 4) is 5.75 Å². The number of nitrogens with one attached hydrogen (secondary N) is 1. The van der Waals surface area contributed by atoms with E-state index in [9.17, 15) is 9.59 Å². The first-order chi connectivity index (χ1) is 12.8. The lowest BCUT2D eigenvalue weighted by Gasteiger charge is -2.20. The minimum atomic E-state index is -0.286. The molecule has 0 spiro atoms. The fraction of sp³-hybridized carbons (Fsp3) is 0.333. The molecule has 0 bridgehead atoms. The molecule has 2 aromatic carbocycles. The largest absolute Gasteiger partial charge is 0.426 e. The molecule has 6 heteroatoms. The van der Waals surface area contributed by atoms with Gasteiger partial charge < -0.3 is 10.1 Å². The Morgan fingerprint density at radius 3 is 2.48 bits per heavy atom. The Morgan fingerprint density at radius 1 is 1.15 bits per heavy atom. The van der Waals surface area contributed by atoms with Crippen LogP contribution in [0.4, 0.5) is 10.5 Å². The Balaban J connectivity index is 1.81. The second-order valence-electron chi connectivity index (χ2n) is 6.61. The van der Waals surface area contributed by atoms with Gasteiger partial charge in [0.1, 0.15) is 5.75 Å². The van der Waals surface area contributed by atoms with Crippen LogP contribution in [0, 0.1) is 6.92 Å². The lowest BCUT2D eigenvalue weighted by atomic mass is 10.2. The van der Waals surface area contributed by atoms with Gasteiger partial charge in [-0.05, 0) is 50.6 Å². The lowest BCUT2D eigenvalue weighted by molar-refractivity contribution is -0.131. The number of aryl methyl sites for hydroxylation is 1. The van der Waals surface area contributed by atoms with Crippen molar-refractivity contribution in [2.45, 2.75) is 32.6 Å². The van der Waals surface area contributed by atoms with E-state index in [1.807, 2.05) is 19.9 Å². The SMILES string of the molecule is Cc1cccc(CSCC(=O)Oc2ccc(N(C)C(=O)NC(C)C)cc2)c1. The maximum absolute atomic E-state index is 12.0. The van der Waals surface area contributed by atoms with Gasteiger partial charge in [0, 0.05) is 24.5 Å². The average Bonchev–Trinajstić information content (AvgIpc) is 2.61. The minimum Gasteiger partial charge on any atom is -0.426 e. The van der Waals surface area contributed by atoms with Gasteiger partial charge in [-0.2, -0.15) is 0 Å². The highest BCUT2D eigenvalue weighted by molar-refractivity contribution is 7.99. The van der Waals surface area contributed by atoms with Gasteiger partial charge in [-0.25, -0.2) is 4.79 Å². The first kappa shape index (κ1) is 20.8. The van der Waals surface area contributed by atoms with E-state index in [0.29, 0.717) is 5.75 Å². The van der Waals surface area contributed by atoms with Gasteiger partial charge in [0.2, 0.25) is 0 Å². The molecule has 1 N–H and O–H groups in total. The van der Waals surface area contributed by atoms with Gasteiger partial charge in [0.15, 0.2) is 0 Å². The molecule has 5 nitrogen and oxygen atoms in total. The average molecular weight is 387 g/mol. The van der Waals surface area contributed by atoms with E-state index in [-0.39, 0.29) is 23.8 Å². The van der Waals surface area contributed by atoms with E-state index in [1.54, 1.807) is 31.3 Å². The van der Waals surface area contributed by atoms with E-state index in [0.717, 1.165) is 11.4 Å². The maximum atomic E-state index is 12.0. The fourth-order valence-corrected chi connectivity index (χ4v) is 3.16. The molecule has 0 aliphatic carbocycles. The summed E-state index contributed by atoms with van der Waals surface area (Å²) in [4.78, 5) is 25.5. The van der Waals surface area contributed by atoms with Crippen LogP contribution in [-0.4, -0.2) is 30.8 Å². The van der Waals surface area contributed by atoms with Gasteiger partial charge in [-0.1, -0.05) is 29.8 Å². The van der Waals surface area contributed by atoms with Crippen LogP contribution in [0.1, 0.15) is 25.0 Å². The number of rotatable bonds is 7. The van der Waals surface area contributed by atoms with Crippen molar-refractivity contribution in [2.24, 2.45) is 0 Å². The number of hydrogen-bond donors (Lipinski definition) is 1. The Hall–Kier alpha value is -2.47. The normalized spacial score (nSPS) is 10.6. The number of carbonyl (C=O) groups is 2. The molecule has 27 heavy (non-hydrogen) atoms. The van der Waals surface area contributed by atoms with Crippen molar-refractivity contribution in [3.05, 3.63) is 59.7 Å². The van der Waals surface area contributed by atoms with Crippen molar-refractivity contribution >= 4 is 29.4 Å². The number of amides is 2. The quantitative estimate of drug-likeness (QED) is 0.566. The van der Waals surface area contributed by atoms with Gasteiger partial charge in [-0.3, -0.25) is 9.69 Å². The molecule has 2 amide bonds. The summed E-state index contributed by atoms with van der Waals surface area (Å²) in [5, 5.41) is 2.83. The van der Waals surface area contributed by atoms with Gasteiger partial charge in [0.05, 0.1) is 5.75 Å². The standard InChI is InChI=1S/C21H26N2O3S/c1-15(2)22-21(25)23(4)18-8-10-19(11-9-18)26-20(24)14-27-13-17-7-5-6-16(3)12-17/h5-12,15H,13-14H2,1-4H3,(H,22,25). The van der Waals surface area contributed by atoms with E-state index in [4.69, 9.17) is 4.74 Å². The Bertz CT molecular complexity index is 775. The molecule has 2 rings (SSSR count). The topological polar surface area (TPSA) is 58.6 Å². The highest BCUT2D eigenvalue weighted by Gasteiger charge is 2.12. The van der Waals surface area contributed by atoms with Crippen LogP contribution in [-0.2, 0) is 10.5 Å². The van der Waals surface area contributed by atoms with E-state index in [2.05, 4.69) is 30.4 Å². The van der Waals surface area contributed by atoms with Crippen LogP contribution in [0.25, 0.3) is 0 Å². The van der Waals surface area contributed by atoms with Crippen LogP contribution in [0.2, 0.25) is 0 Å². The molecule has 2 aromatic rings. The molecule has 0 aliphatic heterocycles. The summed E-state index contributed by atoms with van der Waals surface area (Å²) in [7, 11) is 1.70. The molecule has 0 unspecified atom stereocenters. The molecule has 144 valence electrons. The summed E-state index contributed by atoms with van der Waals surface area (Å²) in [6.07, 6.45) is 0. The molecular weight excluding hydrogens is 360 g/mol. The van der Waals surface area contributed by atoms with Gasteiger partial charge in [0.25, 0.3) is 0 Å². The summed E-state index contributed by atoms with van der Waals surface area (Å²) >= 11 is 1.52. The van der Waals surface area contributed by atoms with Crippen molar-refractivity contribution in [1.29, 1.82) is 0 Å². The Morgan fingerprint density at radius 2 is 1.85 bits per heavy atom. The highest BCUT2D eigenvalue weighted by Crippen LogP contribution is 2.20. The molecule has 0 saturated carbocycles. The second-order valence-corrected chi connectivity index (χ2v) is 7.60. The van der Waals surface area contributed by atoms with Crippen LogP contribution >= 0.6 is 11.8 Å². The Kier molecular flexibility index (Phi) is 7.73. The van der Waals surface area contributed by atoms with Crippen LogP contribution < -0.4 is 15.0 Å². The molecule has 0 fully saturated rings. The third kappa shape index (κ3) is 6.98. The molecule has 0 saturated heterocycles. The smallest absolute Gasteiger partial charge is 0.321 e. The van der Waals surface area contributed by atoms with Crippen molar-refractivity contribution in [1.82, 2.24) is 5.32 Å². The number of benzene rings is 2. The first-order valence-electron chi connectivity index (χ1n) is 8.83. The maximum Gasteiger partial charge on any atom is 0.321 e. The third-order valence-corrected chi connectivity index (χ3v) is 4.72. The third-order valence-electron chi connectivity index (χ3n) is 3.74. The van der Waals surface area contributed by atoms with Gasteiger partial charge >= 0.3 is 12.0 Å². The minimum absolute atomic E-state index is 0.0671. The lowest BCUT2D eigenvalue weighted by Crippen LogP contribution is -2.40. The number of carbonyl (C=O) groups excluding carboxylic acids is 2. The van der Waals surface area contributed by atoms with E-state index < -0.39 is 0 Å². The number of urea groups is 1. The number of anilines is 1. The summed E-state index contributed by atoms with van der Waals surface area (Å²) in [5.74, 6) is 1.24. The van der Waals surface area contributed by atoms with E-state index in [1.165, 1.54) is 27.8 Å². The molecule has 0 heterocycles. The summed E-state index contributed by atoms with van der Waals surface area (Å²) < 4.78 is 5.36. The van der Waals surface area contributed by atoms with Crippen molar-refractivity contribution in [2.75, 3.05) is 17.7 Å². The predicted octanol–water partition coefficient (Wildman–Crippen LogP) is 4.39. The number of esters is 1. The predicted molar refractivity (Wildman–Crippen MR) is 111 cm³/mol. The van der Waals surface area contributed by atoms with Crippen LogP contribution in [0.5, 0.6) is 5.75 Å². The number of ether oxygens (including phenoxy) is 1. The first-order valence-corrected chi connectivity index (χ1v) is 9.99. The molecule has 0 atom stereocenters. The van der Waals surface area contributed by atoms with Crippen molar-refractivity contribution < 1.29 is 14.3 Å². The molecule has 0 aromatic heterocycles.